The average Bonchev–Trinajstić information content (AvgIpc) is 3.00. The maximum atomic E-state index is 12.9. The van der Waals surface area contributed by atoms with Crippen LogP contribution in [0.4, 0.5) is 0 Å². The number of nitrogens with two attached hydrogens (primary N) is 2. The third-order valence-electron chi connectivity index (χ3n) is 6.01. The first kappa shape index (κ1) is 32.2. The molecule has 0 bridgehead atoms. The number of carboxylic acids is 1. The molecule has 0 heterocycles. The zero-order valence-electron chi connectivity index (χ0n) is 23.3. The van der Waals surface area contributed by atoms with Crippen molar-refractivity contribution in [1.82, 2.24) is 0 Å². The van der Waals surface area contributed by atoms with Gasteiger partial charge in [0.1, 0.15) is 23.6 Å². The van der Waals surface area contributed by atoms with Crippen LogP contribution < -0.4 is 30.4 Å². The van der Waals surface area contributed by atoms with Crippen molar-refractivity contribution in [2.75, 3.05) is 14.2 Å². The maximum absolute atomic E-state index is 12.9. The number of methoxy groups -OCH3 is 2. The molecule has 0 aliphatic heterocycles. The molecule has 0 aliphatic carbocycles. The van der Waals surface area contributed by atoms with Gasteiger partial charge in [-0.05, 0) is 79.1 Å². The smallest absolute Gasteiger partial charge is 0.343 e. The van der Waals surface area contributed by atoms with Crippen LogP contribution in [0.1, 0.15) is 39.1 Å². The lowest BCUT2D eigenvalue weighted by molar-refractivity contribution is -0.160. The normalized spacial score (nSPS) is 11.9. The molecule has 0 fully saturated rings. The molecule has 13 heteroatoms. The minimum atomic E-state index is -1.31. The van der Waals surface area contributed by atoms with Crippen molar-refractivity contribution in [2.45, 2.75) is 31.3 Å². The summed E-state index contributed by atoms with van der Waals surface area (Å²) in [5, 5.41) is 8.80. The molecular weight excluding hydrogens is 564 g/mol. The van der Waals surface area contributed by atoms with Gasteiger partial charge in [0.2, 0.25) is 0 Å². The molecule has 0 radical (unpaired) electrons. The molecule has 43 heavy (non-hydrogen) atoms. The number of aliphatic carboxylic acids is 1. The third kappa shape index (κ3) is 9.38. The standard InChI is InChI=1S/C30H30N2O11/c1-39-20-8-4-18(5-9-20)28(36)41-24-13-3-17(15-23(32)30(38)43-26(33)14-12-22(31)27(34)35)16-25(24)42-29(37)19-6-10-21(40-2)11-7-19/h3-11,13,16,22-23H,12,14-15,31-32H2,1-2H3,(H,34,35)/t22-,23-/m0/s1. The number of rotatable bonds is 13. The predicted octanol–water partition coefficient (Wildman–Crippen LogP) is 2.27. The van der Waals surface area contributed by atoms with Crippen molar-refractivity contribution in [2.24, 2.45) is 11.5 Å². The van der Waals surface area contributed by atoms with E-state index in [1.807, 2.05) is 0 Å². The van der Waals surface area contributed by atoms with E-state index in [1.165, 1.54) is 56.7 Å². The Bertz CT molecular complexity index is 1470. The topological polar surface area (TPSA) is 204 Å². The molecule has 13 nitrogen and oxygen atoms in total. The monoisotopic (exact) mass is 594 g/mol. The van der Waals surface area contributed by atoms with E-state index in [0.29, 0.717) is 17.1 Å². The lowest BCUT2D eigenvalue weighted by atomic mass is 10.1. The Balaban J connectivity index is 1.78. The van der Waals surface area contributed by atoms with Gasteiger partial charge in [-0.25, -0.2) is 14.4 Å². The second-order valence-corrected chi connectivity index (χ2v) is 9.10. The highest BCUT2D eigenvalue weighted by atomic mass is 16.6. The van der Waals surface area contributed by atoms with E-state index >= 15 is 0 Å². The van der Waals surface area contributed by atoms with E-state index in [9.17, 15) is 24.0 Å². The van der Waals surface area contributed by atoms with Gasteiger partial charge in [-0.1, -0.05) is 6.07 Å². The van der Waals surface area contributed by atoms with Crippen LogP contribution in [0, 0.1) is 0 Å². The van der Waals surface area contributed by atoms with Gasteiger partial charge in [-0.2, -0.15) is 0 Å². The predicted molar refractivity (Wildman–Crippen MR) is 150 cm³/mol. The second kappa shape index (κ2) is 15.1. The van der Waals surface area contributed by atoms with Crippen LogP contribution in [0.25, 0.3) is 0 Å². The lowest BCUT2D eigenvalue weighted by Crippen LogP contribution is -2.36. The van der Waals surface area contributed by atoms with Gasteiger partial charge in [0.15, 0.2) is 11.5 Å². The van der Waals surface area contributed by atoms with E-state index in [-0.39, 0.29) is 35.5 Å². The summed E-state index contributed by atoms with van der Waals surface area (Å²) in [7, 11) is 2.97. The first-order valence-electron chi connectivity index (χ1n) is 12.8. The molecule has 0 aliphatic rings. The number of benzene rings is 3. The maximum Gasteiger partial charge on any atom is 0.343 e. The van der Waals surface area contributed by atoms with E-state index < -0.39 is 48.4 Å². The van der Waals surface area contributed by atoms with Crippen LogP contribution in [-0.4, -0.2) is 61.3 Å². The summed E-state index contributed by atoms with van der Waals surface area (Å²) in [5.41, 5.74) is 12.0. The Morgan fingerprint density at radius 1 is 0.721 bits per heavy atom. The van der Waals surface area contributed by atoms with Crippen LogP contribution >= 0.6 is 0 Å². The molecule has 0 aromatic heterocycles. The van der Waals surface area contributed by atoms with Crippen LogP contribution in [0.15, 0.2) is 66.7 Å². The van der Waals surface area contributed by atoms with Gasteiger partial charge >= 0.3 is 29.8 Å². The van der Waals surface area contributed by atoms with Crippen molar-refractivity contribution in [3.63, 3.8) is 0 Å². The molecule has 0 amide bonds. The highest BCUT2D eigenvalue weighted by Crippen LogP contribution is 2.31. The zero-order chi connectivity index (χ0) is 31.5. The molecule has 0 saturated heterocycles. The van der Waals surface area contributed by atoms with Gasteiger partial charge < -0.3 is 40.3 Å². The number of hydrogen-bond donors (Lipinski definition) is 3. The van der Waals surface area contributed by atoms with E-state index in [4.69, 9.17) is 40.3 Å². The second-order valence-electron chi connectivity index (χ2n) is 9.10. The van der Waals surface area contributed by atoms with Crippen molar-refractivity contribution >= 4 is 29.8 Å². The fourth-order valence-corrected chi connectivity index (χ4v) is 3.59. The SMILES string of the molecule is COc1ccc(C(=O)Oc2ccc(C[C@H](N)C(=O)OC(=O)CC[C@H](N)C(=O)O)cc2OC(=O)c2ccc(OC)cc2)cc1. The first-order chi connectivity index (χ1) is 20.5. The van der Waals surface area contributed by atoms with Gasteiger partial charge in [-0.3, -0.25) is 9.59 Å². The van der Waals surface area contributed by atoms with Crippen LogP contribution in [0.2, 0.25) is 0 Å². The summed E-state index contributed by atoms with van der Waals surface area (Å²) in [6.07, 6.45) is -0.775. The molecule has 5 N–H and O–H groups in total. The van der Waals surface area contributed by atoms with Crippen molar-refractivity contribution < 1.29 is 52.8 Å². The van der Waals surface area contributed by atoms with E-state index in [0.717, 1.165) is 0 Å². The molecule has 0 spiro atoms. The van der Waals surface area contributed by atoms with E-state index in [2.05, 4.69) is 0 Å². The summed E-state index contributed by atoms with van der Waals surface area (Å²) >= 11 is 0. The number of carboxylic acid groups (broad SMARTS) is 1. The van der Waals surface area contributed by atoms with Crippen LogP contribution in [0.5, 0.6) is 23.0 Å². The number of carbonyl (C=O) groups is 5. The Labute approximate surface area is 246 Å². The van der Waals surface area contributed by atoms with Gasteiger partial charge in [0, 0.05) is 6.42 Å². The van der Waals surface area contributed by atoms with Gasteiger partial charge in [-0.15, -0.1) is 0 Å². The molecule has 2 atom stereocenters. The minimum Gasteiger partial charge on any atom is -0.497 e. The number of carbonyl (C=O) groups excluding carboxylic acids is 4. The molecule has 3 aromatic rings. The molecular formula is C30H30N2O11. The van der Waals surface area contributed by atoms with Gasteiger partial charge in [0.25, 0.3) is 0 Å². The summed E-state index contributed by atoms with van der Waals surface area (Å²) in [6, 6.07) is 13.9. The summed E-state index contributed by atoms with van der Waals surface area (Å²) < 4.78 is 26.0. The molecule has 226 valence electrons. The summed E-state index contributed by atoms with van der Waals surface area (Å²) in [5.74, 6) is -4.00. The highest BCUT2D eigenvalue weighted by molar-refractivity contribution is 5.93. The Morgan fingerprint density at radius 2 is 1.23 bits per heavy atom. The number of esters is 4. The van der Waals surface area contributed by atoms with Crippen LogP contribution in [0.3, 0.4) is 0 Å². The van der Waals surface area contributed by atoms with Crippen molar-refractivity contribution in [3.05, 3.63) is 83.4 Å². The molecule has 0 saturated carbocycles. The highest BCUT2D eigenvalue weighted by Gasteiger charge is 2.23. The number of hydrogen-bond acceptors (Lipinski definition) is 12. The lowest BCUT2D eigenvalue weighted by Gasteiger charge is -2.15. The zero-order valence-corrected chi connectivity index (χ0v) is 23.3. The Hall–Kier alpha value is -5.27. The fourth-order valence-electron chi connectivity index (χ4n) is 3.59. The fraction of sp³-hybridized carbons (Fsp3) is 0.233. The summed E-state index contributed by atoms with van der Waals surface area (Å²) in [4.78, 5) is 60.8. The molecule has 3 rings (SSSR count). The molecule has 0 unspecified atom stereocenters. The minimum absolute atomic E-state index is 0.0903. The third-order valence-corrected chi connectivity index (χ3v) is 6.01. The quantitative estimate of drug-likeness (QED) is 0.148. The van der Waals surface area contributed by atoms with Crippen molar-refractivity contribution in [3.8, 4) is 23.0 Å². The van der Waals surface area contributed by atoms with Crippen LogP contribution in [-0.2, 0) is 25.5 Å². The largest absolute Gasteiger partial charge is 0.497 e. The first-order valence-corrected chi connectivity index (χ1v) is 12.8. The van der Waals surface area contributed by atoms with Gasteiger partial charge in [0.05, 0.1) is 25.3 Å². The Kier molecular flexibility index (Phi) is 11.3. The van der Waals surface area contributed by atoms with Crippen molar-refractivity contribution in [1.29, 1.82) is 0 Å². The van der Waals surface area contributed by atoms with E-state index in [1.54, 1.807) is 24.3 Å². The summed E-state index contributed by atoms with van der Waals surface area (Å²) in [6.45, 7) is 0. The Morgan fingerprint density at radius 3 is 1.72 bits per heavy atom. The number of ether oxygens (including phenoxy) is 5. The molecule has 3 aromatic carbocycles. The average molecular weight is 595 g/mol.